The minimum absolute atomic E-state index is 0. The number of halogens is 2. The first kappa shape index (κ1) is 27.2. The Morgan fingerprint density at radius 1 is 1.09 bits per heavy atom. The number of amides is 1. The van der Waals surface area contributed by atoms with Gasteiger partial charge in [0.25, 0.3) is 0 Å². The van der Waals surface area contributed by atoms with Crippen molar-refractivity contribution < 1.29 is 49.0 Å². The van der Waals surface area contributed by atoms with Crippen LogP contribution in [0.2, 0.25) is 10.0 Å². The minimum atomic E-state index is -1.32. The molecule has 2 aromatic rings. The third-order valence-corrected chi connectivity index (χ3v) is 6.41. The van der Waals surface area contributed by atoms with Gasteiger partial charge >= 0.3 is 35.7 Å². The van der Waals surface area contributed by atoms with Crippen LogP contribution < -0.4 is 34.7 Å². The van der Waals surface area contributed by atoms with Crippen molar-refractivity contribution in [3.8, 4) is 0 Å². The molecule has 1 saturated heterocycles. The molecule has 2 heterocycles. The number of pyridine rings is 1. The van der Waals surface area contributed by atoms with E-state index in [2.05, 4.69) is 4.98 Å². The zero-order valence-electron chi connectivity index (χ0n) is 19.8. The topological polar surface area (TPSA) is 85.8 Å². The molecule has 0 unspecified atom stereocenters. The molecule has 7 nitrogen and oxygen atoms in total. The molecule has 1 aromatic heterocycles. The van der Waals surface area contributed by atoms with E-state index in [1.807, 2.05) is 29.2 Å². The summed E-state index contributed by atoms with van der Waals surface area (Å²) in [6, 6.07) is 6.23. The van der Waals surface area contributed by atoms with Crippen molar-refractivity contribution in [2.24, 2.45) is 0 Å². The number of carbonyl (C=O) groups is 2. The number of hydrogen-bond donors (Lipinski definition) is 0. The van der Waals surface area contributed by atoms with Crippen LogP contribution in [0.3, 0.4) is 0 Å². The summed E-state index contributed by atoms with van der Waals surface area (Å²) in [6.45, 7) is 5.96. The van der Waals surface area contributed by atoms with E-state index in [1.165, 1.54) is 4.90 Å². The number of carbonyl (C=O) groups excluding carboxylic acids is 2. The Labute approximate surface area is 231 Å². The van der Waals surface area contributed by atoms with E-state index in [9.17, 15) is 14.7 Å². The van der Waals surface area contributed by atoms with Gasteiger partial charge in [-0.2, -0.15) is 0 Å². The summed E-state index contributed by atoms with van der Waals surface area (Å²) in [6.07, 6.45) is 2.47. The molecule has 2 atom stereocenters. The molecule has 1 amide bonds. The zero-order valence-corrected chi connectivity index (χ0v) is 23.3. The van der Waals surface area contributed by atoms with Crippen molar-refractivity contribution in [1.82, 2.24) is 14.8 Å². The second-order valence-electron chi connectivity index (χ2n) is 9.45. The number of carboxylic acids is 1. The number of hydrogen-bond acceptors (Lipinski definition) is 6. The maximum Gasteiger partial charge on any atom is 1.00 e. The number of aromatic nitrogens is 1. The van der Waals surface area contributed by atoms with Gasteiger partial charge in [0, 0.05) is 30.9 Å². The first-order valence-electron chi connectivity index (χ1n) is 10.9. The summed E-state index contributed by atoms with van der Waals surface area (Å²) in [7, 11) is 0. The molecule has 1 aliphatic carbocycles. The fourth-order valence-corrected chi connectivity index (χ4v) is 4.94. The van der Waals surface area contributed by atoms with Gasteiger partial charge in [-0.3, -0.25) is 14.8 Å². The van der Waals surface area contributed by atoms with Crippen molar-refractivity contribution in [3.05, 3.63) is 62.9 Å². The number of carboxylic acid groups (broad SMARTS) is 1. The number of benzene rings is 1. The zero-order chi connectivity index (χ0) is 23.9. The van der Waals surface area contributed by atoms with Gasteiger partial charge in [-0.15, -0.1) is 0 Å². The Balaban J connectivity index is 0.00000324. The van der Waals surface area contributed by atoms with Crippen LogP contribution in [-0.2, 0) is 22.4 Å². The quantitative estimate of drug-likeness (QED) is 0.535. The third-order valence-electron chi connectivity index (χ3n) is 5.97. The van der Waals surface area contributed by atoms with E-state index < -0.39 is 23.7 Å². The van der Waals surface area contributed by atoms with Gasteiger partial charge in [-0.05, 0) is 68.5 Å². The van der Waals surface area contributed by atoms with Crippen LogP contribution in [0.5, 0.6) is 0 Å². The maximum absolute atomic E-state index is 12.7. The number of nitrogens with zero attached hydrogens (tertiary/aromatic N) is 3. The predicted octanol–water partition coefficient (Wildman–Crippen LogP) is 0.252. The molecule has 0 N–H and O–H groups in total. The van der Waals surface area contributed by atoms with Crippen molar-refractivity contribution in [2.45, 2.75) is 51.3 Å². The fraction of sp³-hybridized carbons (Fsp3) is 0.458. The molecule has 1 aliphatic heterocycles. The van der Waals surface area contributed by atoms with Crippen LogP contribution in [0.25, 0.3) is 0 Å². The summed E-state index contributed by atoms with van der Waals surface area (Å²) < 4.78 is 5.43. The molecule has 1 aromatic carbocycles. The molecule has 4 rings (SSSR count). The number of aryl methyl sites for hydroxylation is 2. The van der Waals surface area contributed by atoms with Crippen LogP contribution in [0.1, 0.15) is 49.2 Å². The second-order valence-corrected chi connectivity index (χ2v) is 10.3. The predicted molar refractivity (Wildman–Crippen MR) is 123 cm³/mol. The van der Waals surface area contributed by atoms with E-state index in [0.717, 1.165) is 35.2 Å². The average Bonchev–Trinajstić information content (AvgIpc) is 2.88. The molecule has 0 radical (unpaired) electrons. The van der Waals surface area contributed by atoms with Gasteiger partial charge in [0.1, 0.15) is 5.60 Å². The van der Waals surface area contributed by atoms with Gasteiger partial charge in [0.15, 0.2) is 0 Å². The number of ether oxygens (including phenoxy) is 1. The first-order chi connectivity index (χ1) is 15.5. The maximum atomic E-state index is 12.7. The molecular formula is C24H26Cl2N3NaO4. The molecule has 0 spiro atoms. The van der Waals surface area contributed by atoms with E-state index in [1.54, 1.807) is 27.0 Å². The average molecular weight is 514 g/mol. The van der Waals surface area contributed by atoms with Gasteiger partial charge in [-0.25, -0.2) is 4.79 Å². The van der Waals surface area contributed by atoms with E-state index in [4.69, 9.17) is 27.9 Å². The van der Waals surface area contributed by atoms with Crippen molar-refractivity contribution in [3.63, 3.8) is 0 Å². The second kappa shape index (κ2) is 10.7. The summed E-state index contributed by atoms with van der Waals surface area (Å²) >= 11 is 12.5. The third kappa shape index (κ3) is 5.89. The van der Waals surface area contributed by atoms with Crippen molar-refractivity contribution >= 4 is 35.3 Å². The monoisotopic (exact) mass is 513 g/mol. The van der Waals surface area contributed by atoms with E-state index in [-0.39, 0.29) is 48.7 Å². The van der Waals surface area contributed by atoms with E-state index in [0.29, 0.717) is 16.6 Å². The van der Waals surface area contributed by atoms with Gasteiger partial charge in [0.2, 0.25) is 0 Å². The Kier molecular flexibility index (Phi) is 8.59. The van der Waals surface area contributed by atoms with Gasteiger partial charge in [0.05, 0.1) is 28.8 Å². The van der Waals surface area contributed by atoms with Gasteiger partial charge in [-0.1, -0.05) is 29.3 Å². The Hall–Kier alpha value is -1.35. The van der Waals surface area contributed by atoms with Crippen LogP contribution in [0.4, 0.5) is 4.79 Å². The number of aliphatic carboxylic acids is 1. The SMILES string of the molecule is CC(C)(C)OC(=O)N1CCN([C@H]2c3ccc(Cl)cc3CCc3cc(Cl)cnc32)C[C@@H]1C(=O)[O-].[Na+]. The Morgan fingerprint density at radius 3 is 2.44 bits per heavy atom. The summed E-state index contributed by atoms with van der Waals surface area (Å²) in [5.41, 5.74) is 3.23. The number of fused-ring (bicyclic) bond motifs is 2. The number of piperazine rings is 1. The molecule has 34 heavy (non-hydrogen) atoms. The molecule has 1 fully saturated rings. The van der Waals surface area contributed by atoms with Crippen LogP contribution in [0, 0.1) is 0 Å². The largest absolute Gasteiger partial charge is 1.00 e. The first-order valence-corrected chi connectivity index (χ1v) is 11.7. The summed E-state index contributed by atoms with van der Waals surface area (Å²) in [5, 5.41) is 13.3. The fourth-order valence-electron chi connectivity index (χ4n) is 4.56. The Bertz CT molecular complexity index is 1040. The molecular weight excluding hydrogens is 488 g/mol. The number of rotatable bonds is 2. The normalized spacial score (nSPS) is 20.4. The molecule has 2 aliphatic rings. The summed E-state index contributed by atoms with van der Waals surface area (Å²) in [4.78, 5) is 32.7. The molecule has 176 valence electrons. The van der Waals surface area contributed by atoms with Crippen molar-refractivity contribution in [2.75, 3.05) is 19.6 Å². The minimum Gasteiger partial charge on any atom is -0.548 e. The molecule has 10 heteroatoms. The molecule has 0 saturated carbocycles. The van der Waals surface area contributed by atoms with Crippen LogP contribution in [-0.4, -0.2) is 58.1 Å². The van der Waals surface area contributed by atoms with Crippen molar-refractivity contribution in [1.29, 1.82) is 0 Å². The Morgan fingerprint density at radius 2 is 1.76 bits per heavy atom. The van der Waals surface area contributed by atoms with Gasteiger partial charge < -0.3 is 14.6 Å². The van der Waals surface area contributed by atoms with Crippen LogP contribution >= 0.6 is 23.2 Å². The van der Waals surface area contributed by atoms with E-state index >= 15 is 0 Å². The standard InChI is InChI=1S/C24H27Cl2N3O4.Na/c1-24(2,3)33-23(32)29-9-8-28(13-19(29)22(30)31)21-18-7-6-16(25)10-14(18)4-5-15-11-17(26)12-27-20(15)21;/h6-7,10-12,19,21H,4-5,8-9,13H2,1-3H3,(H,30,31);/q;+1/p-1/t19-,21+;/m1./s1. The summed E-state index contributed by atoms with van der Waals surface area (Å²) in [5.74, 6) is -1.32. The molecule has 0 bridgehead atoms. The smallest absolute Gasteiger partial charge is 0.548 e. The van der Waals surface area contributed by atoms with Crippen LogP contribution in [0.15, 0.2) is 30.5 Å².